The molecule has 0 spiro atoms. The van der Waals surface area contributed by atoms with Gasteiger partial charge in [-0.3, -0.25) is 4.79 Å². The summed E-state index contributed by atoms with van der Waals surface area (Å²) in [5.41, 5.74) is 2.20. The van der Waals surface area contributed by atoms with Crippen LogP contribution < -0.4 is 15.4 Å². The largest absolute Gasteiger partial charge is 0.495 e. The van der Waals surface area contributed by atoms with E-state index in [-0.39, 0.29) is 11.9 Å². The number of methoxy groups -OCH3 is 1. The number of hydrogen-bond acceptors (Lipinski definition) is 8. The van der Waals surface area contributed by atoms with Gasteiger partial charge in [-0.15, -0.1) is 0 Å². The van der Waals surface area contributed by atoms with Crippen molar-refractivity contribution in [2.75, 3.05) is 51.5 Å². The highest BCUT2D eigenvalue weighted by molar-refractivity contribution is 5.96. The second kappa shape index (κ2) is 8.72. The molecule has 2 aromatic heterocycles. The van der Waals surface area contributed by atoms with E-state index in [1.165, 1.54) is 0 Å². The minimum atomic E-state index is -0.0130. The highest BCUT2D eigenvalue weighted by Gasteiger charge is 2.27. The number of benzene rings is 1. The summed E-state index contributed by atoms with van der Waals surface area (Å²) in [7, 11) is 5.36. The van der Waals surface area contributed by atoms with E-state index in [4.69, 9.17) is 4.74 Å². The Bertz CT molecular complexity index is 1200. The van der Waals surface area contributed by atoms with Crippen molar-refractivity contribution in [3.05, 3.63) is 35.5 Å². The zero-order valence-corrected chi connectivity index (χ0v) is 18.6. The molecule has 1 unspecified atom stereocenters. The normalized spacial score (nSPS) is 16.6. The summed E-state index contributed by atoms with van der Waals surface area (Å²) < 4.78 is 5.54. The van der Waals surface area contributed by atoms with Gasteiger partial charge in [0.2, 0.25) is 5.95 Å². The molecule has 0 bridgehead atoms. The van der Waals surface area contributed by atoms with Crippen LogP contribution in [0.15, 0.2) is 24.4 Å². The van der Waals surface area contributed by atoms with Gasteiger partial charge >= 0.3 is 0 Å². The fraction of sp³-hybridized carbons (Fsp3) is 0.364. The quantitative estimate of drug-likeness (QED) is 0.560. The SMILES string of the molecule is CNc1nc(Nc2ccc(C(=O)N3CCN(C)CC3C)cc2OC)nc2[nH]cc(C#N)c12. The van der Waals surface area contributed by atoms with Gasteiger partial charge in [0.1, 0.15) is 23.3 Å². The van der Waals surface area contributed by atoms with Crippen molar-refractivity contribution in [3.63, 3.8) is 0 Å². The molecule has 1 atom stereocenters. The second-order valence-corrected chi connectivity index (χ2v) is 7.83. The van der Waals surface area contributed by atoms with E-state index in [9.17, 15) is 10.1 Å². The molecule has 0 radical (unpaired) electrons. The van der Waals surface area contributed by atoms with Crippen LogP contribution in [-0.2, 0) is 0 Å². The first kappa shape index (κ1) is 21.4. The fourth-order valence-corrected chi connectivity index (χ4v) is 4.01. The van der Waals surface area contributed by atoms with Gasteiger partial charge in [-0.1, -0.05) is 0 Å². The molecule has 10 heteroatoms. The van der Waals surface area contributed by atoms with Crippen LogP contribution in [-0.4, -0.2) is 77.5 Å². The summed E-state index contributed by atoms with van der Waals surface area (Å²) in [5.74, 6) is 1.36. The Morgan fingerprint density at radius 2 is 2.16 bits per heavy atom. The van der Waals surface area contributed by atoms with E-state index >= 15 is 0 Å². The number of nitrogens with one attached hydrogen (secondary N) is 3. The van der Waals surface area contributed by atoms with Crippen molar-refractivity contribution in [3.8, 4) is 11.8 Å². The lowest BCUT2D eigenvalue weighted by atomic mass is 10.1. The number of nitrogens with zero attached hydrogens (tertiary/aromatic N) is 5. The zero-order valence-electron chi connectivity index (χ0n) is 18.6. The summed E-state index contributed by atoms with van der Waals surface area (Å²) in [4.78, 5) is 29.2. The van der Waals surface area contributed by atoms with E-state index in [2.05, 4.69) is 50.5 Å². The number of carbonyl (C=O) groups excluding carboxylic acids is 1. The predicted molar refractivity (Wildman–Crippen MR) is 122 cm³/mol. The number of anilines is 3. The average molecular weight is 435 g/mol. The van der Waals surface area contributed by atoms with E-state index in [1.807, 2.05) is 4.90 Å². The Morgan fingerprint density at radius 3 is 2.84 bits per heavy atom. The minimum Gasteiger partial charge on any atom is -0.495 e. The number of piperazine rings is 1. The number of aromatic amines is 1. The van der Waals surface area contributed by atoms with Crippen molar-refractivity contribution in [1.82, 2.24) is 24.8 Å². The summed E-state index contributed by atoms with van der Waals surface area (Å²) in [6.45, 7) is 4.46. The van der Waals surface area contributed by atoms with Crippen LogP contribution in [0.3, 0.4) is 0 Å². The Hall–Kier alpha value is -3.84. The molecule has 3 aromatic rings. The lowest BCUT2D eigenvalue weighted by molar-refractivity contribution is 0.0533. The number of carbonyl (C=O) groups is 1. The molecule has 1 aromatic carbocycles. The summed E-state index contributed by atoms with van der Waals surface area (Å²) in [6, 6.07) is 7.57. The Kier molecular flexibility index (Phi) is 5.83. The van der Waals surface area contributed by atoms with Gasteiger partial charge in [-0.2, -0.15) is 15.2 Å². The number of fused-ring (bicyclic) bond motifs is 1. The van der Waals surface area contributed by atoms with Gasteiger partial charge < -0.3 is 30.2 Å². The van der Waals surface area contributed by atoms with Crippen LogP contribution in [0.2, 0.25) is 0 Å². The molecule has 1 amide bonds. The Morgan fingerprint density at radius 1 is 1.34 bits per heavy atom. The molecule has 166 valence electrons. The zero-order chi connectivity index (χ0) is 22.8. The molecular formula is C22H26N8O2. The second-order valence-electron chi connectivity index (χ2n) is 7.83. The van der Waals surface area contributed by atoms with Crippen LogP contribution in [0, 0.1) is 11.3 Å². The topological polar surface area (TPSA) is 122 Å². The maximum absolute atomic E-state index is 13.1. The van der Waals surface area contributed by atoms with Gasteiger partial charge in [0.05, 0.1) is 23.7 Å². The molecule has 3 heterocycles. The van der Waals surface area contributed by atoms with Gasteiger partial charge in [0.25, 0.3) is 5.91 Å². The van der Waals surface area contributed by atoms with Crippen molar-refractivity contribution in [2.24, 2.45) is 0 Å². The van der Waals surface area contributed by atoms with E-state index in [1.54, 1.807) is 38.6 Å². The number of ether oxygens (including phenoxy) is 1. The van der Waals surface area contributed by atoms with Crippen LogP contribution in [0.5, 0.6) is 5.75 Å². The van der Waals surface area contributed by atoms with E-state index in [0.717, 1.165) is 13.1 Å². The standard InChI is InChI=1S/C22H26N8O2/c1-13-12-29(3)7-8-30(13)21(31)14-5-6-16(17(9-14)32-4)26-22-27-19(24-2)18-15(10-23)11-25-20(18)28-22/h5-6,9,11,13H,7-8,12H2,1-4H3,(H3,24,25,26,27,28). The van der Waals surface area contributed by atoms with Crippen molar-refractivity contribution in [2.45, 2.75) is 13.0 Å². The molecule has 0 aliphatic carbocycles. The van der Waals surface area contributed by atoms with Crippen LogP contribution in [0.1, 0.15) is 22.8 Å². The van der Waals surface area contributed by atoms with Crippen LogP contribution >= 0.6 is 0 Å². The summed E-state index contributed by atoms with van der Waals surface area (Å²) in [5, 5.41) is 16.1. The number of amides is 1. The number of H-pyrrole nitrogens is 1. The third-order valence-corrected chi connectivity index (χ3v) is 5.68. The smallest absolute Gasteiger partial charge is 0.254 e. The first-order valence-electron chi connectivity index (χ1n) is 10.4. The lowest BCUT2D eigenvalue weighted by Gasteiger charge is -2.38. The van der Waals surface area contributed by atoms with Crippen LogP contribution in [0.4, 0.5) is 17.5 Å². The summed E-state index contributed by atoms with van der Waals surface area (Å²) in [6.07, 6.45) is 1.60. The molecule has 1 saturated heterocycles. The average Bonchev–Trinajstić information content (AvgIpc) is 3.21. The first-order chi connectivity index (χ1) is 15.4. The maximum Gasteiger partial charge on any atom is 0.254 e. The number of aromatic nitrogens is 3. The molecule has 32 heavy (non-hydrogen) atoms. The lowest BCUT2D eigenvalue weighted by Crippen LogP contribution is -2.52. The highest BCUT2D eigenvalue weighted by Crippen LogP contribution is 2.31. The van der Waals surface area contributed by atoms with Gasteiger partial charge in [-0.25, -0.2) is 0 Å². The fourth-order valence-electron chi connectivity index (χ4n) is 4.01. The third kappa shape index (κ3) is 3.90. The molecule has 1 fully saturated rings. The monoisotopic (exact) mass is 434 g/mol. The third-order valence-electron chi connectivity index (χ3n) is 5.68. The van der Waals surface area contributed by atoms with Crippen molar-refractivity contribution >= 4 is 34.4 Å². The number of hydrogen-bond donors (Lipinski definition) is 3. The van der Waals surface area contributed by atoms with Gasteiger partial charge in [0.15, 0.2) is 0 Å². The van der Waals surface area contributed by atoms with Gasteiger partial charge in [0, 0.05) is 44.5 Å². The Labute approximate surface area is 186 Å². The minimum absolute atomic E-state index is 0.0130. The molecule has 1 aliphatic heterocycles. The molecule has 3 N–H and O–H groups in total. The van der Waals surface area contributed by atoms with E-state index < -0.39 is 0 Å². The van der Waals surface area contributed by atoms with Crippen molar-refractivity contribution < 1.29 is 9.53 Å². The van der Waals surface area contributed by atoms with E-state index in [0.29, 0.717) is 51.9 Å². The highest BCUT2D eigenvalue weighted by atomic mass is 16.5. The number of likely N-dealkylation sites (N-methyl/N-ethyl adjacent to an activating group) is 1. The molecular weight excluding hydrogens is 408 g/mol. The van der Waals surface area contributed by atoms with Crippen LogP contribution in [0.25, 0.3) is 11.0 Å². The molecule has 1 aliphatic rings. The van der Waals surface area contributed by atoms with Crippen molar-refractivity contribution in [1.29, 1.82) is 5.26 Å². The molecule has 0 saturated carbocycles. The molecule has 10 nitrogen and oxygen atoms in total. The van der Waals surface area contributed by atoms with Gasteiger partial charge in [-0.05, 0) is 32.2 Å². The Balaban J connectivity index is 1.61. The number of rotatable bonds is 5. The maximum atomic E-state index is 13.1. The summed E-state index contributed by atoms with van der Waals surface area (Å²) >= 11 is 0. The predicted octanol–water partition coefficient (Wildman–Crippen LogP) is 2.40. The first-order valence-corrected chi connectivity index (χ1v) is 10.4. The number of nitriles is 1. The molecule has 4 rings (SSSR count).